The van der Waals surface area contributed by atoms with Crippen LogP contribution in [0.1, 0.15) is 185 Å². The van der Waals surface area contributed by atoms with Crippen LogP contribution in [0.3, 0.4) is 0 Å². The summed E-state index contributed by atoms with van der Waals surface area (Å²) in [6, 6.07) is 29.6. The molecule has 0 spiro atoms. The molecule has 0 radical (unpaired) electrons. The van der Waals surface area contributed by atoms with E-state index in [1.165, 1.54) is 122 Å². The van der Waals surface area contributed by atoms with E-state index in [0.717, 1.165) is 24.0 Å². The summed E-state index contributed by atoms with van der Waals surface area (Å²) in [4.78, 5) is 0. The van der Waals surface area contributed by atoms with Crippen molar-refractivity contribution in [1.29, 1.82) is 0 Å². The minimum Gasteiger partial charge on any atom is -0.508 e. The van der Waals surface area contributed by atoms with Gasteiger partial charge in [-0.1, -0.05) is 138 Å². The first-order valence-corrected chi connectivity index (χ1v) is 20.0. The Morgan fingerprint density at radius 1 is 0.420 bits per heavy atom. The van der Waals surface area contributed by atoms with Gasteiger partial charge in [0.05, 0.1) is 0 Å². The van der Waals surface area contributed by atoms with Gasteiger partial charge in [-0.3, -0.25) is 0 Å². The third kappa shape index (κ3) is 6.77. The highest BCUT2D eigenvalue weighted by molar-refractivity contribution is 5.55. The predicted molar refractivity (Wildman–Crippen MR) is 209 cm³/mol. The van der Waals surface area contributed by atoms with Crippen molar-refractivity contribution in [3.8, 4) is 11.5 Å². The largest absolute Gasteiger partial charge is 0.508 e. The van der Waals surface area contributed by atoms with Gasteiger partial charge in [0.2, 0.25) is 0 Å². The topological polar surface area (TPSA) is 40.5 Å². The molecule has 1 unspecified atom stereocenters. The van der Waals surface area contributed by atoms with Gasteiger partial charge in [-0.25, -0.2) is 0 Å². The summed E-state index contributed by atoms with van der Waals surface area (Å²) < 4.78 is 0. The lowest BCUT2D eigenvalue weighted by molar-refractivity contribution is 0.413. The third-order valence-corrected chi connectivity index (χ3v) is 13.5. The maximum Gasteiger partial charge on any atom is 0.119 e. The van der Waals surface area contributed by atoms with Crippen LogP contribution < -0.4 is 0 Å². The Labute approximate surface area is 302 Å². The zero-order chi connectivity index (χ0) is 34.9. The Morgan fingerprint density at radius 3 is 1.28 bits per heavy atom. The molecule has 264 valence electrons. The first-order chi connectivity index (χ1) is 24.2. The Balaban J connectivity index is 1.30. The minimum absolute atomic E-state index is 0.212. The van der Waals surface area contributed by atoms with Crippen LogP contribution in [-0.2, 0) is 10.8 Å². The number of hydrogen-bond acceptors (Lipinski definition) is 2. The second-order valence-corrected chi connectivity index (χ2v) is 17.0. The van der Waals surface area contributed by atoms with Crippen LogP contribution in [0.25, 0.3) is 0 Å². The highest BCUT2D eigenvalue weighted by Crippen LogP contribution is 2.47. The molecule has 0 aromatic heterocycles. The summed E-state index contributed by atoms with van der Waals surface area (Å²) >= 11 is 0. The molecule has 2 nitrogen and oxygen atoms in total. The van der Waals surface area contributed by atoms with Gasteiger partial charge in [-0.05, 0) is 132 Å². The van der Waals surface area contributed by atoms with Crippen LogP contribution in [0.4, 0.5) is 0 Å². The van der Waals surface area contributed by atoms with Crippen molar-refractivity contribution in [1.82, 2.24) is 0 Å². The molecule has 3 aliphatic rings. The number of rotatable bonds is 8. The molecule has 0 saturated heterocycles. The number of phenolic OH excluding ortho intramolecular Hbond substituents is 2. The third-order valence-electron chi connectivity index (χ3n) is 13.5. The van der Waals surface area contributed by atoms with Crippen LogP contribution in [-0.4, -0.2) is 10.2 Å². The molecule has 0 heterocycles. The van der Waals surface area contributed by atoms with Crippen molar-refractivity contribution in [2.24, 2.45) is 0 Å². The lowest BCUT2D eigenvalue weighted by Crippen LogP contribution is -2.27. The van der Waals surface area contributed by atoms with Gasteiger partial charge >= 0.3 is 0 Å². The second kappa shape index (κ2) is 14.6. The van der Waals surface area contributed by atoms with Crippen LogP contribution >= 0.6 is 0 Å². The van der Waals surface area contributed by atoms with E-state index in [1.807, 2.05) is 12.1 Å². The van der Waals surface area contributed by atoms with E-state index < -0.39 is 0 Å². The van der Waals surface area contributed by atoms with Crippen LogP contribution in [0, 0.1) is 6.92 Å². The van der Waals surface area contributed by atoms with Gasteiger partial charge in [0.25, 0.3) is 0 Å². The molecule has 0 bridgehead atoms. The summed E-state index contributed by atoms with van der Waals surface area (Å²) in [5.41, 5.74) is 11.0. The smallest absolute Gasteiger partial charge is 0.119 e. The normalized spacial score (nSPS) is 19.7. The molecule has 4 aromatic carbocycles. The molecule has 50 heavy (non-hydrogen) atoms. The van der Waals surface area contributed by atoms with Crippen LogP contribution in [0.15, 0.2) is 78.9 Å². The first kappa shape index (κ1) is 34.9. The van der Waals surface area contributed by atoms with E-state index in [1.54, 1.807) is 0 Å². The average Bonchev–Trinajstić information content (AvgIpc) is 3.16. The molecule has 2 heteroatoms. The van der Waals surface area contributed by atoms with Gasteiger partial charge < -0.3 is 10.2 Å². The lowest BCUT2D eigenvalue weighted by atomic mass is 9.68. The van der Waals surface area contributed by atoms with Crippen LogP contribution in [0.5, 0.6) is 11.5 Å². The zero-order valence-corrected chi connectivity index (χ0v) is 31.2. The van der Waals surface area contributed by atoms with E-state index >= 15 is 0 Å². The molecule has 3 saturated carbocycles. The standard InChI is InChI=1S/C48H60O2/c1-33-20-21-40(31-42(33)34-14-8-5-9-15-34)48(4,41-27-29-46(50)44(32-41)36-18-12-7-13-19-36)38-24-22-37(23-25-38)47(2,3)39-26-28-45(49)43(30-39)35-16-10-6-11-17-35/h20-32,34-36,49-50H,5-19H2,1-4H3. The van der Waals surface area contributed by atoms with E-state index in [-0.39, 0.29) is 10.8 Å². The van der Waals surface area contributed by atoms with Crippen molar-refractivity contribution in [2.45, 2.75) is 153 Å². The number of aromatic hydroxyl groups is 2. The van der Waals surface area contributed by atoms with Gasteiger partial charge in [-0.15, -0.1) is 0 Å². The first-order valence-electron chi connectivity index (χ1n) is 20.0. The Hall–Kier alpha value is -3.52. The fourth-order valence-electron chi connectivity index (χ4n) is 9.98. The van der Waals surface area contributed by atoms with Gasteiger partial charge in [0.15, 0.2) is 0 Å². The van der Waals surface area contributed by atoms with E-state index in [9.17, 15) is 10.2 Å². The zero-order valence-electron chi connectivity index (χ0n) is 31.2. The van der Waals surface area contributed by atoms with Crippen molar-refractivity contribution < 1.29 is 10.2 Å². The second-order valence-electron chi connectivity index (χ2n) is 17.0. The van der Waals surface area contributed by atoms with Gasteiger partial charge in [0.1, 0.15) is 11.5 Å². The fourth-order valence-corrected chi connectivity index (χ4v) is 9.98. The Bertz CT molecular complexity index is 1690. The lowest BCUT2D eigenvalue weighted by Gasteiger charge is -2.35. The molecule has 2 N–H and O–H groups in total. The van der Waals surface area contributed by atoms with Crippen molar-refractivity contribution in [2.75, 3.05) is 0 Å². The number of aryl methyl sites for hydroxylation is 1. The number of hydrogen-bond donors (Lipinski definition) is 2. The minimum atomic E-state index is -0.385. The quantitative estimate of drug-likeness (QED) is 0.183. The maximum absolute atomic E-state index is 11.2. The maximum atomic E-state index is 11.2. The predicted octanol–water partition coefficient (Wildman–Crippen LogP) is 13.2. The van der Waals surface area contributed by atoms with Crippen molar-refractivity contribution in [3.05, 3.63) is 129 Å². The molecule has 0 amide bonds. The Kier molecular flexibility index (Phi) is 10.2. The summed E-state index contributed by atoms with van der Waals surface area (Å²) in [7, 11) is 0. The molecule has 1 atom stereocenters. The molecule has 7 rings (SSSR count). The molecular formula is C48H60O2. The van der Waals surface area contributed by atoms with E-state index in [4.69, 9.17) is 0 Å². The summed E-state index contributed by atoms with van der Waals surface area (Å²) in [6.45, 7) is 9.36. The Morgan fingerprint density at radius 2 is 0.780 bits per heavy atom. The van der Waals surface area contributed by atoms with E-state index in [2.05, 4.69) is 94.4 Å². The fraction of sp³-hybridized carbons (Fsp3) is 0.500. The summed E-state index contributed by atoms with van der Waals surface area (Å²) in [6.07, 6.45) is 18.9. The number of benzene rings is 4. The molecule has 0 aliphatic heterocycles. The monoisotopic (exact) mass is 668 g/mol. The highest BCUT2D eigenvalue weighted by Gasteiger charge is 2.35. The molecular weight excluding hydrogens is 609 g/mol. The van der Waals surface area contributed by atoms with Gasteiger partial charge in [-0.2, -0.15) is 0 Å². The summed E-state index contributed by atoms with van der Waals surface area (Å²) in [5, 5.41) is 22.1. The van der Waals surface area contributed by atoms with Crippen molar-refractivity contribution >= 4 is 0 Å². The number of phenols is 2. The highest BCUT2D eigenvalue weighted by atomic mass is 16.3. The van der Waals surface area contributed by atoms with Crippen molar-refractivity contribution in [3.63, 3.8) is 0 Å². The molecule has 4 aromatic rings. The molecule has 3 aliphatic carbocycles. The average molecular weight is 669 g/mol. The molecule has 3 fully saturated rings. The van der Waals surface area contributed by atoms with Crippen LogP contribution in [0.2, 0.25) is 0 Å². The van der Waals surface area contributed by atoms with Gasteiger partial charge in [0, 0.05) is 10.8 Å². The van der Waals surface area contributed by atoms with E-state index in [0.29, 0.717) is 29.3 Å². The summed E-state index contributed by atoms with van der Waals surface area (Å²) in [5.74, 6) is 2.43. The SMILES string of the molecule is Cc1ccc(C(C)(c2ccc(C(C)(C)c3ccc(O)c(C4CCCCC4)c3)cc2)c2ccc(O)c(C3CCCCC3)c2)cc1C1CCCCC1.